The maximum absolute atomic E-state index is 10.2. The number of nitrogens with one attached hydrogen (secondary N) is 1. The Kier molecular flexibility index (Phi) is 6.75. The Morgan fingerprint density at radius 2 is 1.86 bits per heavy atom. The second-order valence-corrected chi connectivity index (χ2v) is 6.51. The molecule has 1 aromatic rings. The van der Waals surface area contributed by atoms with Crippen molar-refractivity contribution in [2.75, 3.05) is 0 Å². The lowest BCUT2D eigenvalue weighted by Gasteiger charge is -2.20. The van der Waals surface area contributed by atoms with Crippen LogP contribution in [0.3, 0.4) is 0 Å². The molecule has 0 aromatic heterocycles. The number of benzene rings is 1. The van der Waals surface area contributed by atoms with Gasteiger partial charge in [0.2, 0.25) is 0 Å². The van der Waals surface area contributed by atoms with E-state index in [0.29, 0.717) is 0 Å². The van der Waals surface area contributed by atoms with Gasteiger partial charge in [0.1, 0.15) is 0 Å². The SMILES string of the molecule is CCCc1ccccc1C1CC1.O=C(O)NC1CCCCC1.[HH].[HH]. The lowest BCUT2D eigenvalue weighted by atomic mass is 9.96. The molecule has 1 amide bonds. The van der Waals surface area contributed by atoms with E-state index in [9.17, 15) is 4.79 Å². The van der Waals surface area contributed by atoms with Gasteiger partial charge in [-0.2, -0.15) is 0 Å². The first kappa shape index (κ1) is 16.9. The Hall–Kier alpha value is -1.51. The Morgan fingerprint density at radius 3 is 2.45 bits per heavy atom. The van der Waals surface area contributed by atoms with Gasteiger partial charge < -0.3 is 10.4 Å². The fourth-order valence-electron chi connectivity index (χ4n) is 3.25. The van der Waals surface area contributed by atoms with Crippen molar-refractivity contribution in [3.05, 3.63) is 35.4 Å². The predicted molar refractivity (Wildman–Crippen MR) is 94.7 cm³/mol. The molecule has 2 aliphatic rings. The summed E-state index contributed by atoms with van der Waals surface area (Å²) in [7, 11) is 0. The van der Waals surface area contributed by atoms with E-state index in [2.05, 4.69) is 36.5 Å². The maximum atomic E-state index is 10.2. The van der Waals surface area contributed by atoms with Crippen molar-refractivity contribution >= 4 is 6.09 Å². The molecule has 0 unspecified atom stereocenters. The van der Waals surface area contributed by atoms with E-state index in [0.717, 1.165) is 18.8 Å². The van der Waals surface area contributed by atoms with Crippen molar-refractivity contribution in [2.45, 2.75) is 76.7 Å². The second-order valence-electron chi connectivity index (χ2n) is 6.51. The highest BCUT2D eigenvalue weighted by Crippen LogP contribution is 2.41. The topological polar surface area (TPSA) is 49.3 Å². The highest BCUT2D eigenvalue weighted by atomic mass is 16.4. The third-order valence-corrected chi connectivity index (χ3v) is 4.52. The van der Waals surface area contributed by atoms with Gasteiger partial charge in [0.15, 0.2) is 0 Å². The fraction of sp³-hybridized carbons (Fsp3) is 0.632. The van der Waals surface area contributed by atoms with Gasteiger partial charge in [-0.05, 0) is 49.1 Å². The summed E-state index contributed by atoms with van der Waals surface area (Å²) >= 11 is 0. The predicted octanol–water partition coefficient (Wildman–Crippen LogP) is 5.60. The average Bonchev–Trinajstić information content (AvgIpc) is 3.34. The van der Waals surface area contributed by atoms with Gasteiger partial charge in [0.05, 0.1) is 0 Å². The molecule has 2 aliphatic carbocycles. The van der Waals surface area contributed by atoms with Crippen LogP contribution in [0, 0.1) is 0 Å². The maximum Gasteiger partial charge on any atom is 0.404 e. The highest BCUT2D eigenvalue weighted by molar-refractivity contribution is 5.64. The summed E-state index contributed by atoms with van der Waals surface area (Å²) in [5.41, 5.74) is 3.21. The first-order valence-electron chi connectivity index (χ1n) is 8.78. The van der Waals surface area contributed by atoms with Crippen LogP contribution < -0.4 is 5.32 Å². The van der Waals surface area contributed by atoms with Gasteiger partial charge in [-0.1, -0.05) is 56.9 Å². The van der Waals surface area contributed by atoms with Gasteiger partial charge in [-0.3, -0.25) is 0 Å². The molecule has 3 heteroatoms. The number of hydrogen-bond donors (Lipinski definition) is 2. The Morgan fingerprint density at radius 1 is 1.18 bits per heavy atom. The lowest BCUT2D eigenvalue weighted by molar-refractivity contribution is 0.186. The van der Waals surface area contributed by atoms with Crippen LogP contribution in [0.4, 0.5) is 4.79 Å². The van der Waals surface area contributed by atoms with Crippen LogP contribution in [0.1, 0.15) is 78.2 Å². The zero-order valence-corrected chi connectivity index (χ0v) is 13.7. The molecular formula is C19H33NO2. The van der Waals surface area contributed by atoms with E-state index in [1.807, 2.05) is 0 Å². The van der Waals surface area contributed by atoms with Gasteiger partial charge in [0.25, 0.3) is 0 Å². The monoisotopic (exact) mass is 307 g/mol. The van der Waals surface area contributed by atoms with Crippen LogP contribution in [0.25, 0.3) is 0 Å². The molecule has 2 saturated carbocycles. The summed E-state index contributed by atoms with van der Waals surface area (Å²) in [5.74, 6) is 0.910. The minimum atomic E-state index is -0.882. The number of hydrogen-bond acceptors (Lipinski definition) is 1. The van der Waals surface area contributed by atoms with E-state index in [-0.39, 0.29) is 8.90 Å². The number of rotatable bonds is 4. The quantitative estimate of drug-likeness (QED) is 0.761. The smallest absolute Gasteiger partial charge is 0.404 e. The minimum absolute atomic E-state index is 0. The summed E-state index contributed by atoms with van der Waals surface area (Å²) in [6.07, 6.45) is 10.1. The molecule has 3 rings (SSSR count). The number of carbonyl (C=O) groups is 1. The van der Waals surface area contributed by atoms with E-state index in [1.54, 1.807) is 11.1 Å². The molecule has 0 bridgehead atoms. The summed E-state index contributed by atoms with van der Waals surface area (Å²) in [6.45, 7) is 2.25. The van der Waals surface area contributed by atoms with E-state index < -0.39 is 6.09 Å². The average molecular weight is 307 g/mol. The zero-order chi connectivity index (χ0) is 15.8. The Bertz CT molecular complexity index is 472. The molecule has 2 N–H and O–H groups in total. The molecule has 0 spiro atoms. The van der Waals surface area contributed by atoms with Gasteiger partial charge in [0, 0.05) is 8.90 Å². The van der Waals surface area contributed by atoms with Crippen molar-refractivity contribution in [1.82, 2.24) is 5.32 Å². The standard InChI is InChI=1S/C12H16.C7H13NO2.2H2/c1-2-5-10-6-3-4-7-12(10)11-8-9-11;9-7(10)8-6-4-2-1-3-5-6;;/h3-4,6-7,11H,2,5,8-9H2,1H3;6,8H,1-5H2,(H,9,10);2*1H. The third-order valence-electron chi connectivity index (χ3n) is 4.52. The molecule has 1 aromatic carbocycles. The van der Waals surface area contributed by atoms with Crippen LogP contribution in [0.5, 0.6) is 0 Å². The first-order valence-corrected chi connectivity index (χ1v) is 8.78. The summed E-state index contributed by atoms with van der Waals surface area (Å²) in [4.78, 5) is 10.2. The minimum Gasteiger partial charge on any atom is -0.465 e. The van der Waals surface area contributed by atoms with Crippen LogP contribution >= 0.6 is 0 Å². The zero-order valence-electron chi connectivity index (χ0n) is 13.7. The van der Waals surface area contributed by atoms with Gasteiger partial charge >= 0.3 is 6.09 Å². The summed E-state index contributed by atoms with van der Waals surface area (Å²) < 4.78 is 0. The third kappa shape index (κ3) is 5.70. The lowest BCUT2D eigenvalue weighted by Crippen LogP contribution is -2.34. The summed E-state index contributed by atoms with van der Waals surface area (Å²) in [6, 6.07) is 9.16. The van der Waals surface area contributed by atoms with Crippen molar-refractivity contribution in [1.29, 1.82) is 0 Å². The Balaban J connectivity index is 0.000000413. The number of carboxylic acid groups (broad SMARTS) is 1. The number of aryl methyl sites for hydroxylation is 1. The summed E-state index contributed by atoms with van der Waals surface area (Å²) in [5, 5.41) is 10.9. The second kappa shape index (κ2) is 8.82. The molecule has 2 fully saturated rings. The largest absolute Gasteiger partial charge is 0.465 e. The molecule has 0 aliphatic heterocycles. The van der Waals surface area contributed by atoms with Crippen LogP contribution in [-0.4, -0.2) is 17.2 Å². The van der Waals surface area contributed by atoms with Crippen LogP contribution in [-0.2, 0) is 6.42 Å². The molecule has 0 heterocycles. The molecule has 0 saturated heterocycles. The van der Waals surface area contributed by atoms with Crippen molar-refractivity contribution in [3.63, 3.8) is 0 Å². The molecule has 126 valence electrons. The molecular weight excluding hydrogens is 274 g/mol. The van der Waals surface area contributed by atoms with Crippen LogP contribution in [0.2, 0.25) is 0 Å². The molecule has 0 radical (unpaired) electrons. The van der Waals surface area contributed by atoms with Crippen molar-refractivity contribution < 1.29 is 12.8 Å². The van der Waals surface area contributed by atoms with E-state index in [4.69, 9.17) is 5.11 Å². The van der Waals surface area contributed by atoms with Gasteiger partial charge in [-0.25, -0.2) is 4.79 Å². The van der Waals surface area contributed by atoms with Gasteiger partial charge in [-0.15, -0.1) is 0 Å². The molecule has 22 heavy (non-hydrogen) atoms. The van der Waals surface area contributed by atoms with Crippen molar-refractivity contribution in [2.24, 2.45) is 0 Å². The molecule has 0 atom stereocenters. The Labute approximate surface area is 137 Å². The van der Waals surface area contributed by atoms with Crippen LogP contribution in [0.15, 0.2) is 24.3 Å². The first-order chi connectivity index (χ1) is 10.7. The fourth-order valence-corrected chi connectivity index (χ4v) is 3.25. The number of amides is 1. The van der Waals surface area contributed by atoms with Crippen molar-refractivity contribution in [3.8, 4) is 0 Å². The van der Waals surface area contributed by atoms with E-state index in [1.165, 1.54) is 44.9 Å². The molecule has 3 nitrogen and oxygen atoms in total. The van der Waals surface area contributed by atoms with E-state index >= 15 is 0 Å². The normalized spacial score (nSPS) is 18.2. The highest BCUT2D eigenvalue weighted by Gasteiger charge is 2.24.